The number of carbonyl (C=O) groups is 1. The molecule has 0 unspecified atom stereocenters. The first-order chi connectivity index (χ1) is 9.97. The molecule has 0 radical (unpaired) electrons. The number of nitrogens with zero attached hydrogens (tertiary/aromatic N) is 4. The number of likely N-dealkylation sites (N-methyl/N-ethyl adjacent to an activating group) is 1. The molecule has 6 nitrogen and oxygen atoms in total. The Morgan fingerprint density at radius 2 is 2.00 bits per heavy atom. The maximum Gasteiger partial charge on any atom is 0.254 e. The molecular formula is C15H25N5O. The molecule has 6 heteroatoms. The van der Waals surface area contributed by atoms with Gasteiger partial charge < -0.3 is 15.1 Å². The van der Waals surface area contributed by atoms with Crippen LogP contribution in [-0.4, -0.2) is 60.5 Å². The van der Waals surface area contributed by atoms with Crippen molar-refractivity contribution in [3.05, 3.63) is 17.5 Å². The number of carbonyl (C=O) groups excluding carboxylic acids is 1. The Balaban J connectivity index is 2.05. The van der Waals surface area contributed by atoms with E-state index >= 15 is 0 Å². The third-order valence-electron chi connectivity index (χ3n) is 3.67. The van der Waals surface area contributed by atoms with E-state index in [-0.39, 0.29) is 5.91 Å². The van der Waals surface area contributed by atoms with Crippen molar-refractivity contribution in [1.82, 2.24) is 20.2 Å². The maximum absolute atomic E-state index is 12.1. The van der Waals surface area contributed by atoms with Crippen LogP contribution in [-0.2, 0) is 0 Å². The maximum atomic E-state index is 12.1. The molecule has 1 N–H and O–H groups in total. The summed E-state index contributed by atoms with van der Waals surface area (Å²) >= 11 is 0. The molecule has 0 spiro atoms. The summed E-state index contributed by atoms with van der Waals surface area (Å²) in [6, 6.07) is 0. The molecule has 0 aromatic carbocycles. The van der Waals surface area contributed by atoms with Crippen molar-refractivity contribution >= 4 is 11.9 Å². The number of rotatable bonds is 4. The minimum absolute atomic E-state index is 0.0915. The lowest BCUT2D eigenvalue weighted by Gasteiger charge is -2.32. The van der Waals surface area contributed by atoms with Crippen LogP contribution in [0.5, 0.6) is 0 Å². The summed E-state index contributed by atoms with van der Waals surface area (Å²) in [5, 5.41) is 2.90. The largest absolute Gasteiger partial charge is 0.352 e. The summed E-state index contributed by atoms with van der Waals surface area (Å²) in [5.74, 6) is 1.06. The molecule has 1 aromatic rings. The van der Waals surface area contributed by atoms with E-state index in [0.29, 0.717) is 18.0 Å². The molecule has 2 rings (SSSR count). The minimum atomic E-state index is -0.0915. The molecule has 1 aromatic heterocycles. The Morgan fingerprint density at radius 1 is 1.33 bits per heavy atom. The molecule has 21 heavy (non-hydrogen) atoms. The molecule has 116 valence electrons. The Morgan fingerprint density at radius 3 is 2.57 bits per heavy atom. The van der Waals surface area contributed by atoms with E-state index in [9.17, 15) is 4.79 Å². The third-order valence-corrected chi connectivity index (χ3v) is 3.67. The molecule has 0 bridgehead atoms. The Labute approximate surface area is 126 Å². The second-order valence-corrected chi connectivity index (χ2v) is 6.06. The van der Waals surface area contributed by atoms with Crippen molar-refractivity contribution in [2.24, 2.45) is 5.92 Å². The number of anilines is 1. The van der Waals surface area contributed by atoms with Crippen molar-refractivity contribution in [2.75, 3.05) is 44.7 Å². The molecule has 0 atom stereocenters. The number of hydrogen-bond donors (Lipinski definition) is 1. The molecule has 1 saturated heterocycles. The van der Waals surface area contributed by atoms with Gasteiger partial charge in [0, 0.05) is 38.9 Å². The van der Waals surface area contributed by atoms with Crippen LogP contribution in [0.3, 0.4) is 0 Å². The zero-order valence-corrected chi connectivity index (χ0v) is 13.4. The van der Waals surface area contributed by atoms with E-state index < -0.39 is 0 Å². The summed E-state index contributed by atoms with van der Waals surface area (Å²) < 4.78 is 0. The predicted molar refractivity (Wildman–Crippen MR) is 83.7 cm³/mol. The first-order valence-electron chi connectivity index (χ1n) is 7.52. The number of aryl methyl sites for hydroxylation is 1. The summed E-state index contributed by atoms with van der Waals surface area (Å²) in [4.78, 5) is 25.4. The quantitative estimate of drug-likeness (QED) is 0.894. The van der Waals surface area contributed by atoms with Gasteiger partial charge in [-0.2, -0.15) is 0 Å². The Kier molecular flexibility index (Phi) is 5.12. The second kappa shape index (κ2) is 6.85. The highest BCUT2D eigenvalue weighted by Gasteiger charge is 2.18. The van der Waals surface area contributed by atoms with Crippen LogP contribution in [0, 0.1) is 12.8 Å². The van der Waals surface area contributed by atoms with Crippen molar-refractivity contribution in [3.63, 3.8) is 0 Å². The predicted octanol–water partition coefficient (Wildman–Crippen LogP) is 0.923. The normalized spacial score (nSPS) is 16.3. The van der Waals surface area contributed by atoms with E-state index in [0.717, 1.165) is 37.8 Å². The van der Waals surface area contributed by atoms with E-state index in [1.54, 1.807) is 6.20 Å². The van der Waals surface area contributed by atoms with Crippen molar-refractivity contribution in [3.8, 4) is 0 Å². The van der Waals surface area contributed by atoms with Crippen LogP contribution in [0.25, 0.3) is 0 Å². The monoisotopic (exact) mass is 291 g/mol. The third kappa shape index (κ3) is 4.14. The van der Waals surface area contributed by atoms with Crippen LogP contribution in [0.15, 0.2) is 6.20 Å². The summed E-state index contributed by atoms with van der Waals surface area (Å²) in [5.41, 5.74) is 1.30. The van der Waals surface area contributed by atoms with Crippen molar-refractivity contribution < 1.29 is 4.79 Å². The first-order valence-corrected chi connectivity index (χ1v) is 7.52. The van der Waals surface area contributed by atoms with Gasteiger partial charge in [0.25, 0.3) is 5.91 Å². The molecule has 2 heterocycles. The number of nitrogens with one attached hydrogen (secondary N) is 1. The fourth-order valence-electron chi connectivity index (χ4n) is 2.23. The molecule has 1 amide bonds. The number of hydrogen-bond acceptors (Lipinski definition) is 5. The van der Waals surface area contributed by atoms with Gasteiger partial charge in [-0.15, -0.1) is 0 Å². The minimum Gasteiger partial charge on any atom is -0.352 e. The lowest BCUT2D eigenvalue weighted by atomic mass is 10.2. The fraction of sp³-hybridized carbons (Fsp3) is 0.667. The lowest BCUT2D eigenvalue weighted by molar-refractivity contribution is 0.0947. The summed E-state index contributed by atoms with van der Waals surface area (Å²) in [7, 11) is 2.12. The van der Waals surface area contributed by atoms with E-state index in [2.05, 4.69) is 46.0 Å². The van der Waals surface area contributed by atoms with Crippen LogP contribution >= 0.6 is 0 Å². The highest BCUT2D eigenvalue weighted by atomic mass is 16.1. The number of amides is 1. The average molecular weight is 291 g/mol. The Hall–Kier alpha value is -1.69. The van der Waals surface area contributed by atoms with E-state index in [4.69, 9.17) is 0 Å². The highest BCUT2D eigenvalue weighted by Crippen LogP contribution is 2.13. The molecule has 1 aliphatic heterocycles. The molecule has 0 saturated carbocycles. The van der Waals surface area contributed by atoms with Gasteiger partial charge in [-0.1, -0.05) is 13.8 Å². The van der Waals surface area contributed by atoms with Gasteiger partial charge in [0.05, 0.1) is 11.3 Å². The van der Waals surface area contributed by atoms with Gasteiger partial charge in [-0.3, -0.25) is 4.79 Å². The average Bonchev–Trinajstić information content (AvgIpc) is 2.45. The fourth-order valence-corrected chi connectivity index (χ4v) is 2.23. The number of aromatic nitrogens is 2. The topological polar surface area (TPSA) is 61.4 Å². The van der Waals surface area contributed by atoms with Gasteiger partial charge in [0.2, 0.25) is 5.95 Å². The second-order valence-electron chi connectivity index (χ2n) is 6.06. The molecular weight excluding hydrogens is 266 g/mol. The van der Waals surface area contributed by atoms with Crippen LogP contribution in [0.2, 0.25) is 0 Å². The van der Waals surface area contributed by atoms with Crippen molar-refractivity contribution in [1.29, 1.82) is 0 Å². The van der Waals surface area contributed by atoms with Gasteiger partial charge in [0.1, 0.15) is 0 Å². The zero-order chi connectivity index (χ0) is 15.4. The summed E-state index contributed by atoms with van der Waals surface area (Å²) in [6.45, 7) is 10.5. The van der Waals surface area contributed by atoms with Crippen LogP contribution in [0.1, 0.15) is 29.9 Å². The van der Waals surface area contributed by atoms with Gasteiger partial charge in [-0.25, -0.2) is 9.97 Å². The van der Waals surface area contributed by atoms with Crippen molar-refractivity contribution in [2.45, 2.75) is 20.8 Å². The highest BCUT2D eigenvalue weighted by molar-refractivity contribution is 5.94. The van der Waals surface area contributed by atoms with E-state index in [1.165, 1.54) is 0 Å². The smallest absolute Gasteiger partial charge is 0.254 e. The van der Waals surface area contributed by atoms with Crippen LogP contribution in [0.4, 0.5) is 5.95 Å². The van der Waals surface area contributed by atoms with E-state index in [1.807, 2.05) is 6.92 Å². The molecule has 0 aliphatic carbocycles. The molecule has 1 aliphatic rings. The first kappa shape index (κ1) is 15.7. The Bertz CT molecular complexity index is 495. The molecule has 1 fully saturated rings. The SMILES string of the molecule is Cc1nc(N2CCN(C)CC2)ncc1C(=O)NCC(C)C. The summed E-state index contributed by atoms with van der Waals surface area (Å²) in [6.07, 6.45) is 1.64. The van der Waals surface area contributed by atoms with Gasteiger partial charge >= 0.3 is 0 Å². The zero-order valence-electron chi connectivity index (χ0n) is 13.4. The lowest BCUT2D eigenvalue weighted by Crippen LogP contribution is -2.45. The standard InChI is InChI=1S/C15H25N5O/c1-11(2)9-16-14(21)13-10-17-15(18-12(13)3)20-7-5-19(4)6-8-20/h10-11H,5-9H2,1-4H3,(H,16,21). The van der Waals surface area contributed by atoms with Gasteiger partial charge in [-0.05, 0) is 19.9 Å². The number of piperazine rings is 1. The van der Waals surface area contributed by atoms with Gasteiger partial charge in [0.15, 0.2) is 0 Å². The van der Waals surface area contributed by atoms with Crippen LogP contribution < -0.4 is 10.2 Å².